The Bertz CT molecular complexity index is 1140. The van der Waals surface area contributed by atoms with E-state index in [1.54, 1.807) is 24.3 Å². The predicted octanol–water partition coefficient (Wildman–Crippen LogP) is 5.74. The second-order valence-corrected chi connectivity index (χ2v) is 10.1. The molecule has 0 N–H and O–H groups in total. The van der Waals surface area contributed by atoms with E-state index < -0.39 is 35.5 Å². The molecule has 0 aromatic heterocycles. The van der Waals surface area contributed by atoms with Crippen molar-refractivity contribution in [3.05, 3.63) is 57.6 Å². The van der Waals surface area contributed by atoms with Gasteiger partial charge in [0.2, 0.25) is 0 Å². The van der Waals surface area contributed by atoms with Gasteiger partial charge in [0.15, 0.2) is 6.10 Å². The molecule has 2 atom stereocenters. The third kappa shape index (κ3) is 9.57. The van der Waals surface area contributed by atoms with Crippen molar-refractivity contribution in [1.82, 2.24) is 0 Å². The van der Waals surface area contributed by atoms with Crippen LogP contribution in [0.5, 0.6) is 11.5 Å². The number of alkyl halides is 1. The zero-order valence-electron chi connectivity index (χ0n) is 21.8. The lowest BCUT2D eigenvalue weighted by Gasteiger charge is -2.27. The van der Waals surface area contributed by atoms with E-state index in [1.165, 1.54) is 20.8 Å². The maximum atomic E-state index is 11.3. The number of ether oxygens (including phenoxy) is 5. The van der Waals surface area contributed by atoms with Crippen LogP contribution in [-0.2, 0) is 34.0 Å². The van der Waals surface area contributed by atoms with E-state index in [1.807, 2.05) is 26.0 Å². The van der Waals surface area contributed by atoms with E-state index >= 15 is 0 Å². The lowest BCUT2D eigenvalue weighted by molar-refractivity contribution is -0.158. The van der Waals surface area contributed by atoms with Crippen LogP contribution in [0.3, 0.4) is 0 Å². The maximum absolute atomic E-state index is 11.3. The molecule has 0 saturated carbocycles. The van der Waals surface area contributed by atoms with Gasteiger partial charge in [0.25, 0.3) is 0 Å². The van der Waals surface area contributed by atoms with E-state index in [-0.39, 0.29) is 25.7 Å². The number of hydrogen-bond acceptors (Lipinski definition) is 8. The van der Waals surface area contributed by atoms with E-state index in [2.05, 4.69) is 0 Å². The van der Waals surface area contributed by atoms with Crippen molar-refractivity contribution in [2.24, 2.45) is 0 Å². The number of carbonyl (C=O) groups is 3. The van der Waals surface area contributed by atoms with Crippen molar-refractivity contribution in [1.29, 1.82) is 0 Å². The Morgan fingerprint density at radius 3 is 1.58 bits per heavy atom. The summed E-state index contributed by atoms with van der Waals surface area (Å²) in [7, 11) is 0. The van der Waals surface area contributed by atoms with Crippen LogP contribution < -0.4 is 9.47 Å². The van der Waals surface area contributed by atoms with Crippen LogP contribution in [0.1, 0.15) is 45.7 Å². The zero-order chi connectivity index (χ0) is 28.5. The summed E-state index contributed by atoms with van der Waals surface area (Å²) in [5, 5.41) is 0.746. The molecule has 8 nitrogen and oxygen atoms in total. The van der Waals surface area contributed by atoms with Gasteiger partial charge in [0, 0.05) is 26.2 Å². The Labute approximate surface area is 237 Å². The molecule has 38 heavy (non-hydrogen) atoms. The second kappa shape index (κ2) is 14.5. The van der Waals surface area contributed by atoms with Gasteiger partial charge in [0.1, 0.15) is 37.4 Å². The minimum absolute atomic E-state index is 0.0472. The highest BCUT2D eigenvalue weighted by atomic mass is 35.5. The standard InChI is InChI=1S/C27H31Cl3O8/c1-16(31)34-14-22(38-18(3)33)15-36-26-9-7-20(11-24(26)30)27(4,5)19-6-8-25(23(29)10-19)35-13-21(12-28)37-17(2)32/h6-11,21-22H,12-15H2,1-5H3/t21-,22-/m0/s1. The number of carbonyl (C=O) groups excluding carboxylic acids is 3. The lowest BCUT2D eigenvalue weighted by atomic mass is 9.78. The maximum Gasteiger partial charge on any atom is 0.303 e. The Morgan fingerprint density at radius 2 is 1.18 bits per heavy atom. The third-order valence-corrected chi connectivity index (χ3v) is 6.40. The van der Waals surface area contributed by atoms with Crippen LogP contribution in [-0.4, -0.2) is 55.8 Å². The average molecular weight is 590 g/mol. The van der Waals surface area contributed by atoms with Crippen LogP contribution in [0.4, 0.5) is 0 Å². The van der Waals surface area contributed by atoms with Crippen LogP contribution >= 0.6 is 34.8 Å². The van der Waals surface area contributed by atoms with Crippen molar-refractivity contribution in [3.8, 4) is 11.5 Å². The van der Waals surface area contributed by atoms with Gasteiger partial charge < -0.3 is 23.7 Å². The van der Waals surface area contributed by atoms with E-state index in [0.717, 1.165) is 11.1 Å². The van der Waals surface area contributed by atoms with E-state index in [0.29, 0.717) is 21.5 Å². The van der Waals surface area contributed by atoms with Crippen molar-refractivity contribution in [2.75, 3.05) is 25.7 Å². The molecule has 0 heterocycles. The van der Waals surface area contributed by atoms with Gasteiger partial charge in [-0.25, -0.2) is 0 Å². The fraction of sp³-hybridized carbons (Fsp3) is 0.444. The molecule has 2 aromatic rings. The van der Waals surface area contributed by atoms with Crippen molar-refractivity contribution < 1.29 is 38.1 Å². The Hall–Kier alpha value is -2.68. The van der Waals surface area contributed by atoms with Crippen LogP contribution in [0, 0.1) is 0 Å². The van der Waals surface area contributed by atoms with Crippen molar-refractivity contribution in [3.63, 3.8) is 0 Å². The molecule has 2 rings (SSSR count). The van der Waals surface area contributed by atoms with Crippen LogP contribution in [0.25, 0.3) is 0 Å². The molecule has 0 aliphatic carbocycles. The fourth-order valence-corrected chi connectivity index (χ4v) is 4.07. The largest absolute Gasteiger partial charge is 0.488 e. The SMILES string of the molecule is CC(=O)OC[C@@H](COc1ccc(C(C)(C)c2ccc(OC[C@H](CCl)OC(C)=O)c(Cl)c2)cc1Cl)OC(C)=O. The molecular weight excluding hydrogens is 559 g/mol. The van der Waals surface area contributed by atoms with E-state index in [9.17, 15) is 14.4 Å². The van der Waals surface area contributed by atoms with E-state index in [4.69, 9.17) is 58.5 Å². The summed E-state index contributed by atoms with van der Waals surface area (Å²) in [6.45, 7) is 7.76. The first-order valence-corrected chi connectivity index (χ1v) is 13.0. The smallest absolute Gasteiger partial charge is 0.303 e. The van der Waals surface area contributed by atoms with Gasteiger partial charge in [-0.1, -0.05) is 49.2 Å². The molecule has 11 heteroatoms. The first-order valence-electron chi connectivity index (χ1n) is 11.7. The molecule has 0 spiro atoms. The molecule has 0 unspecified atom stereocenters. The number of benzene rings is 2. The summed E-state index contributed by atoms with van der Waals surface area (Å²) in [5.74, 6) is -0.538. The van der Waals surface area contributed by atoms with Crippen LogP contribution in [0.15, 0.2) is 36.4 Å². The molecule has 0 fully saturated rings. The zero-order valence-corrected chi connectivity index (χ0v) is 24.1. The summed E-state index contributed by atoms with van der Waals surface area (Å²) < 4.78 is 26.6. The summed E-state index contributed by atoms with van der Waals surface area (Å²) in [5.41, 5.74) is 1.31. The van der Waals surface area contributed by atoms with Gasteiger partial charge in [-0.2, -0.15) is 0 Å². The second-order valence-electron chi connectivity index (χ2n) is 8.96. The topological polar surface area (TPSA) is 97.4 Å². The molecule has 0 saturated heterocycles. The highest BCUT2D eigenvalue weighted by molar-refractivity contribution is 6.32. The van der Waals surface area contributed by atoms with Gasteiger partial charge >= 0.3 is 17.9 Å². The van der Waals surface area contributed by atoms with Gasteiger partial charge in [-0.05, 0) is 35.4 Å². The molecule has 0 aliphatic rings. The average Bonchev–Trinajstić information content (AvgIpc) is 2.83. The highest BCUT2D eigenvalue weighted by Gasteiger charge is 2.26. The van der Waals surface area contributed by atoms with Gasteiger partial charge in [-0.3, -0.25) is 14.4 Å². The minimum Gasteiger partial charge on any atom is -0.488 e. The van der Waals surface area contributed by atoms with Crippen molar-refractivity contribution in [2.45, 2.75) is 52.2 Å². The molecule has 2 aromatic carbocycles. The Balaban J connectivity index is 2.13. The quantitative estimate of drug-likeness (QED) is 0.166. The highest BCUT2D eigenvalue weighted by Crippen LogP contribution is 2.38. The molecule has 0 bridgehead atoms. The molecular formula is C27H31Cl3O8. The monoisotopic (exact) mass is 588 g/mol. The number of halogens is 3. The summed E-state index contributed by atoms with van der Waals surface area (Å²) >= 11 is 18.8. The third-order valence-electron chi connectivity index (χ3n) is 5.47. The lowest BCUT2D eigenvalue weighted by Crippen LogP contribution is -2.30. The summed E-state index contributed by atoms with van der Waals surface area (Å²) in [6, 6.07) is 10.8. The first-order chi connectivity index (χ1) is 17.8. The normalized spacial score (nSPS) is 12.7. The summed E-state index contributed by atoms with van der Waals surface area (Å²) in [4.78, 5) is 33.6. The fourth-order valence-electron chi connectivity index (χ4n) is 3.45. The number of esters is 3. The molecule has 0 amide bonds. The van der Waals surface area contributed by atoms with Crippen LogP contribution in [0.2, 0.25) is 10.0 Å². The molecule has 0 radical (unpaired) electrons. The van der Waals surface area contributed by atoms with Crippen molar-refractivity contribution >= 4 is 52.7 Å². The first kappa shape index (κ1) is 31.5. The summed E-state index contributed by atoms with van der Waals surface area (Å²) in [6.07, 6.45) is -1.37. The molecule has 208 valence electrons. The number of rotatable bonds is 13. The van der Waals surface area contributed by atoms with Gasteiger partial charge in [-0.15, -0.1) is 11.6 Å². The molecule has 0 aliphatic heterocycles. The Morgan fingerprint density at radius 1 is 0.737 bits per heavy atom. The predicted molar refractivity (Wildman–Crippen MR) is 144 cm³/mol. The minimum atomic E-state index is -0.778. The Kier molecular flexibility index (Phi) is 12.0. The number of hydrogen-bond donors (Lipinski definition) is 0. The van der Waals surface area contributed by atoms with Gasteiger partial charge in [0.05, 0.1) is 15.9 Å².